The zero-order valence-electron chi connectivity index (χ0n) is 10.4. The van der Waals surface area contributed by atoms with Gasteiger partial charge in [-0.15, -0.1) is 0 Å². The second-order valence-electron chi connectivity index (χ2n) is 4.33. The van der Waals surface area contributed by atoms with E-state index in [1.54, 1.807) is 7.11 Å². The Bertz CT molecular complexity index is 412. The summed E-state index contributed by atoms with van der Waals surface area (Å²) in [5.41, 5.74) is 2.37. The van der Waals surface area contributed by atoms with Crippen LogP contribution < -0.4 is 4.74 Å². The highest BCUT2D eigenvalue weighted by Crippen LogP contribution is 2.36. The average molecular weight is 234 g/mol. The molecule has 0 aliphatic heterocycles. The Morgan fingerprint density at radius 2 is 2.29 bits per heavy atom. The van der Waals surface area contributed by atoms with E-state index in [0.29, 0.717) is 6.42 Å². The fourth-order valence-electron chi connectivity index (χ4n) is 2.23. The van der Waals surface area contributed by atoms with Crippen molar-refractivity contribution in [2.24, 2.45) is 0 Å². The third kappa shape index (κ3) is 2.60. The zero-order chi connectivity index (χ0) is 12.3. The number of methoxy groups -OCH3 is 1. The summed E-state index contributed by atoms with van der Waals surface area (Å²) in [4.78, 5) is 11.5. The van der Waals surface area contributed by atoms with Gasteiger partial charge in [-0.3, -0.25) is 4.79 Å². The van der Waals surface area contributed by atoms with Gasteiger partial charge in [-0.2, -0.15) is 0 Å². The summed E-state index contributed by atoms with van der Waals surface area (Å²) in [6.07, 6.45) is 3.12. The maximum Gasteiger partial charge on any atom is 0.306 e. The average Bonchev–Trinajstić information content (AvgIpc) is 2.72. The van der Waals surface area contributed by atoms with E-state index < -0.39 is 0 Å². The fourth-order valence-corrected chi connectivity index (χ4v) is 2.23. The first-order valence-corrected chi connectivity index (χ1v) is 6.11. The van der Waals surface area contributed by atoms with Gasteiger partial charge in [0.1, 0.15) is 11.9 Å². The topological polar surface area (TPSA) is 35.5 Å². The number of fused-ring (bicyclic) bond motifs is 1. The molecule has 1 aromatic carbocycles. The van der Waals surface area contributed by atoms with Crippen LogP contribution in [0.15, 0.2) is 18.2 Å². The van der Waals surface area contributed by atoms with Crippen LogP contribution in [0.4, 0.5) is 0 Å². The maximum atomic E-state index is 11.5. The first-order chi connectivity index (χ1) is 8.24. The molecule has 0 aromatic heterocycles. The molecule has 1 aliphatic rings. The molecule has 0 bridgehead atoms. The minimum atomic E-state index is -0.0961. The number of ether oxygens (including phenoxy) is 2. The molecule has 0 saturated heterocycles. The highest BCUT2D eigenvalue weighted by atomic mass is 16.5. The molecule has 3 nitrogen and oxygen atoms in total. The summed E-state index contributed by atoms with van der Waals surface area (Å²) in [6, 6.07) is 5.96. The van der Waals surface area contributed by atoms with Gasteiger partial charge in [0.2, 0.25) is 0 Å². The van der Waals surface area contributed by atoms with Crippen LogP contribution in [-0.4, -0.2) is 13.1 Å². The van der Waals surface area contributed by atoms with Crippen molar-refractivity contribution in [1.29, 1.82) is 0 Å². The van der Waals surface area contributed by atoms with E-state index in [-0.39, 0.29) is 12.1 Å². The van der Waals surface area contributed by atoms with Crippen LogP contribution in [0.2, 0.25) is 0 Å². The van der Waals surface area contributed by atoms with Crippen LogP contribution in [-0.2, 0) is 16.0 Å². The van der Waals surface area contributed by atoms with Gasteiger partial charge in [0.05, 0.1) is 7.11 Å². The van der Waals surface area contributed by atoms with Crippen LogP contribution in [0.3, 0.4) is 0 Å². The van der Waals surface area contributed by atoms with Gasteiger partial charge < -0.3 is 9.47 Å². The highest BCUT2D eigenvalue weighted by Gasteiger charge is 2.25. The number of hydrogen-bond donors (Lipinski definition) is 0. The molecule has 3 heteroatoms. The number of hydrogen-bond acceptors (Lipinski definition) is 3. The smallest absolute Gasteiger partial charge is 0.306 e. The van der Waals surface area contributed by atoms with E-state index in [1.165, 1.54) is 5.56 Å². The SMILES string of the molecule is CCCC(=O)O[C@H]1CCc2cc(OC)ccc21. The Balaban J connectivity index is 2.09. The Labute approximate surface area is 102 Å². The molecular weight excluding hydrogens is 216 g/mol. The minimum Gasteiger partial charge on any atom is -0.497 e. The summed E-state index contributed by atoms with van der Waals surface area (Å²) < 4.78 is 10.7. The summed E-state index contributed by atoms with van der Waals surface area (Å²) in [5, 5.41) is 0. The molecule has 1 atom stereocenters. The van der Waals surface area contributed by atoms with Crippen LogP contribution in [0.5, 0.6) is 5.75 Å². The monoisotopic (exact) mass is 234 g/mol. The lowest BCUT2D eigenvalue weighted by atomic mass is 10.1. The van der Waals surface area contributed by atoms with Crippen molar-refractivity contribution >= 4 is 5.97 Å². The molecular formula is C14H18O3. The fraction of sp³-hybridized carbons (Fsp3) is 0.500. The van der Waals surface area contributed by atoms with Crippen molar-refractivity contribution in [1.82, 2.24) is 0 Å². The Morgan fingerprint density at radius 3 is 3.00 bits per heavy atom. The van der Waals surface area contributed by atoms with E-state index in [1.807, 2.05) is 25.1 Å². The molecule has 1 aliphatic carbocycles. The lowest BCUT2D eigenvalue weighted by Gasteiger charge is -2.13. The van der Waals surface area contributed by atoms with Crippen molar-refractivity contribution in [2.75, 3.05) is 7.11 Å². The molecule has 0 heterocycles. The number of carbonyl (C=O) groups is 1. The van der Waals surface area contributed by atoms with Gasteiger partial charge in [-0.05, 0) is 42.5 Å². The van der Waals surface area contributed by atoms with E-state index in [4.69, 9.17) is 9.47 Å². The van der Waals surface area contributed by atoms with E-state index in [0.717, 1.165) is 30.6 Å². The van der Waals surface area contributed by atoms with Gasteiger partial charge >= 0.3 is 5.97 Å². The lowest BCUT2D eigenvalue weighted by Crippen LogP contribution is -2.08. The second-order valence-corrected chi connectivity index (χ2v) is 4.33. The summed E-state index contributed by atoms with van der Waals surface area (Å²) in [6.45, 7) is 1.98. The van der Waals surface area contributed by atoms with Gasteiger partial charge in [0.25, 0.3) is 0 Å². The Hall–Kier alpha value is -1.51. The van der Waals surface area contributed by atoms with Gasteiger partial charge in [0, 0.05) is 6.42 Å². The molecule has 0 amide bonds. The summed E-state index contributed by atoms with van der Waals surface area (Å²) in [5.74, 6) is 0.769. The molecule has 0 fully saturated rings. The van der Waals surface area contributed by atoms with Crippen LogP contribution in [0.25, 0.3) is 0 Å². The predicted octanol–water partition coefficient (Wildman–Crippen LogP) is 3.03. The summed E-state index contributed by atoms with van der Waals surface area (Å²) >= 11 is 0. The van der Waals surface area contributed by atoms with Crippen LogP contribution in [0, 0.1) is 0 Å². The standard InChI is InChI=1S/C14H18O3/c1-3-4-14(15)17-13-8-5-10-9-11(16-2)6-7-12(10)13/h6-7,9,13H,3-5,8H2,1-2H3/t13-/m0/s1. The molecule has 92 valence electrons. The second kappa shape index (κ2) is 5.21. The third-order valence-corrected chi connectivity index (χ3v) is 3.10. The first kappa shape index (κ1) is 12.0. The maximum absolute atomic E-state index is 11.5. The Kier molecular flexibility index (Phi) is 3.67. The quantitative estimate of drug-likeness (QED) is 0.751. The first-order valence-electron chi connectivity index (χ1n) is 6.11. The van der Waals surface area contributed by atoms with Gasteiger partial charge in [-0.25, -0.2) is 0 Å². The van der Waals surface area contributed by atoms with Crippen molar-refractivity contribution in [3.05, 3.63) is 29.3 Å². The van der Waals surface area contributed by atoms with E-state index in [9.17, 15) is 4.79 Å². The zero-order valence-corrected chi connectivity index (χ0v) is 10.4. The minimum absolute atomic E-state index is 0.0602. The molecule has 17 heavy (non-hydrogen) atoms. The number of benzene rings is 1. The molecule has 0 radical (unpaired) electrons. The van der Waals surface area contributed by atoms with Gasteiger partial charge in [-0.1, -0.05) is 13.0 Å². The molecule has 2 rings (SSSR count). The van der Waals surface area contributed by atoms with E-state index in [2.05, 4.69) is 0 Å². The molecule has 0 spiro atoms. The van der Waals surface area contributed by atoms with Crippen molar-refractivity contribution in [2.45, 2.75) is 38.7 Å². The molecule has 0 N–H and O–H groups in total. The highest BCUT2D eigenvalue weighted by molar-refractivity contribution is 5.69. The lowest BCUT2D eigenvalue weighted by molar-refractivity contribution is -0.149. The predicted molar refractivity (Wildman–Crippen MR) is 65.1 cm³/mol. The third-order valence-electron chi connectivity index (χ3n) is 3.10. The summed E-state index contributed by atoms with van der Waals surface area (Å²) in [7, 11) is 1.66. The number of aryl methyl sites for hydroxylation is 1. The van der Waals surface area contributed by atoms with Crippen molar-refractivity contribution in [3.8, 4) is 5.75 Å². The largest absolute Gasteiger partial charge is 0.497 e. The molecule has 0 saturated carbocycles. The van der Waals surface area contributed by atoms with Crippen molar-refractivity contribution in [3.63, 3.8) is 0 Å². The Morgan fingerprint density at radius 1 is 1.47 bits per heavy atom. The van der Waals surface area contributed by atoms with Gasteiger partial charge in [0.15, 0.2) is 0 Å². The van der Waals surface area contributed by atoms with E-state index >= 15 is 0 Å². The molecule has 0 unspecified atom stereocenters. The number of esters is 1. The van der Waals surface area contributed by atoms with Crippen LogP contribution >= 0.6 is 0 Å². The van der Waals surface area contributed by atoms with Crippen molar-refractivity contribution < 1.29 is 14.3 Å². The van der Waals surface area contributed by atoms with Crippen LogP contribution in [0.1, 0.15) is 43.4 Å². The normalized spacial score (nSPS) is 17.6. The molecule has 1 aromatic rings. The number of rotatable bonds is 4. The number of carbonyl (C=O) groups excluding carboxylic acids is 1.